The molecule has 1 heterocycles. The number of nitrogen functional groups attached to an aromatic ring is 1. The Bertz CT molecular complexity index is 653. The molecule has 0 spiro atoms. The Morgan fingerprint density at radius 2 is 1.57 bits per heavy atom. The lowest BCUT2D eigenvalue weighted by Crippen LogP contribution is -2.30. The van der Waals surface area contributed by atoms with E-state index >= 15 is 0 Å². The topological polar surface area (TPSA) is 109 Å². The number of hydrazine groups is 1. The van der Waals surface area contributed by atoms with Crippen LogP contribution in [0.4, 0.5) is 0 Å². The van der Waals surface area contributed by atoms with Gasteiger partial charge in [-0.2, -0.15) is 5.10 Å². The number of benzene rings is 1. The molecule has 106 valence electrons. The van der Waals surface area contributed by atoms with Crippen molar-refractivity contribution < 1.29 is 9.59 Å². The van der Waals surface area contributed by atoms with Crippen molar-refractivity contribution in [1.82, 2.24) is 15.8 Å². The summed E-state index contributed by atoms with van der Waals surface area (Å²) in [6.07, 6.45) is 4.77. The van der Waals surface area contributed by atoms with Gasteiger partial charge in [0.05, 0.1) is 6.21 Å². The Balaban J connectivity index is 1.97. The molecule has 0 fully saturated rings. The molecule has 0 atom stereocenters. The van der Waals surface area contributed by atoms with Crippen molar-refractivity contribution in [2.45, 2.75) is 0 Å². The Hall–Kier alpha value is -3.06. The summed E-state index contributed by atoms with van der Waals surface area (Å²) in [4.78, 5) is 27.0. The number of carbonyl (C=O) groups is 2. The van der Waals surface area contributed by atoms with Gasteiger partial charge in [0.25, 0.3) is 11.8 Å². The number of nitrogens with one attached hydrogen (secondary N) is 2. The zero-order chi connectivity index (χ0) is 15.1. The van der Waals surface area contributed by atoms with E-state index in [1.54, 1.807) is 24.5 Å². The van der Waals surface area contributed by atoms with E-state index in [0.29, 0.717) is 11.1 Å². The van der Waals surface area contributed by atoms with Crippen LogP contribution in [0.25, 0.3) is 0 Å². The molecule has 0 aliphatic rings. The van der Waals surface area contributed by atoms with E-state index < -0.39 is 5.91 Å². The average Bonchev–Trinajstić information content (AvgIpc) is 2.55. The predicted octanol–water partition coefficient (Wildman–Crippen LogP) is 0.449. The van der Waals surface area contributed by atoms with Gasteiger partial charge in [-0.25, -0.2) is 11.3 Å². The molecule has 0 saturated heterocycles. The van der Waals surface area contributed by atoms with Gasteiger partial charge in [-0.15, -0.1) is 0 Å². The number of hydrogen-bond donors (Lipinski definition) is 3. The maximum atomic E-state index is 11.8. The molecule has 2 amide bonds. The van der Waals surface area contributed by atoms with E-state index in [0.717, 1.165) is 5.56 Å². The van der Waals surface area contributed by atoms with Crippen LogP contribution in [0, 0.1) is 0 Å². The molecule has 1 aromatic heterocycles. The number of carbonyl (C=O) groups excluding carboxylic acids is 2. The minimum absolute atomic E-state index is 0.370. The number of aromatic nitrogens is 1. The molecular weight excluding hydrogens is 270 g/mol. The first-order valence-corrected chi connectivity index (χ1v) is 6.05. The fourth-order valence-electron chi connectivity index (χ4n) is 1.54. The zero-order valence-electron chi connectivity index (χ0n) is 11.0. The van der Waals surface area contributed by atoms with Crippen molar-refractivity contribution in [2.24, 2.45) is 10.9 Å². The first kappa shape index (κ1) is 14.4. The number of rotatable bonds is 4. The highest BCUT2D eigenvalue weighted by molar-refractivity contribution is 5.97. The molecule has 7 heteroatoms. The van der Waals surface area contributed by atoms with Crippen molar-refractivity contribution in [3.8, 4) is 0 Å². The van der Waals surface area contributed by atoms with Crippen LogP contribution in [0.2, 0.25) is 0 Å². The molecule has 1 aromatic carbocycles. The van der Waals surface area contributed by atoms with Gasteiger partial charge in [-0.05, 0) is 42.0 Å². The van der Waals surface area contributed by atoms with E-state index in [1.165, 1.54) is 30.5 Å². The lowest BCUT2D eigenvalue weighted by Gasteiger charge is -2.02. The molecule has 21 heavy (non-hydrogen) atoms. The summed E-state index contributed by atoms with van der Waals surface area (Å²) in [6, 6.07) is 9.56. The second-order valence-corrected chi connectivity index (χ2v) is 4.03. The quantitative estimate of drug-likeness (QED) is 0.327. The second-order valence-electron chi connectivity index (χ2n) is 4.03. The zero-order valence-corrected chi connectivity index (χ0v) is 11.0. The van der Waals surface area contributed by atoms with E-state index in [1.807, 2.05) is 5.43 Å². The van der Waals surface area contributed by atoms with Gasteiger partial charge in [0.1, 0.15) is 0 Å². The van der Waals surface area contributed by atoms with E-state index in [9.17, 15) is 9.59 Å². The second kappa shape index (κ2) is 6.92. The van der Waals surface area contributed by atoms with Gasteiger partial charge in [0.15, 0.2) is 0 Å². The van der Waals surface area contributed by atoms with Crippen LogP contribution in [0.1, 0.15) is 26.3 Å². The largest absolute Gasteiger partial charge is 0.290 e. The third-order valence-electron chi connectivity index (χ3n) is 2.63. The highest BCUT2D eigenvalue weighted by Gasteiger charge is 2.07. The fourth-order valence-corrected chi connectivity index (χ4v) is 1.54. The molecule has 0 aliphatic carbocycles. The molecule has 0 saturated carbocycles. The Kier molecular flexibility index (Phi) is 4.73. The molecule has 2 aromatic rings. The number of pyridine rings is 1. The summed E-state index contributed by atoms with van der Waals surface area (Å²) in [5, 5.41) is 3.84. The predicted molar refractivity (Wildman–Crippen MR) is 77.4 cm³/mol. The number of nitrogens with zero attached hydrogens (tertiary/aromatic N) is 2. The van der Waals surface area contributed by atoms with Gasteiger partial charge in [-0.1, -0.05) is 0 Å². The van der Waals surface area contributed by atoms with Crippen LogP contribution < -0.4 is 16.7 Å². The molecule has 0 radical (unpaired) electrons. The lowest BCUT2D eigenvalue weighted by molar-refractivity contribution is 0.0942. The van der Waals surface area contributed by atoms with Crippen LogP contribution in [0.3, 0.4) is 0 Å². The third kappa shape index (κ3) is 3.95. The number of hydrazone groups is 1. The smallest absolute Gasteiger partial charge is 0.271 e. The standard InChI is InChI=1S/C14H13N5O2/c15-18-13(20)11-1-3-12(4-2-11)14(21)19-17-9-10-5-7-16-8-6-10/h1-9H,15H2,(H,18,20)(H,19,21)/b17-9+. The highest BCUT2D eigenvalue weighted by atomic mass is 16.2. The summed E-state index contributed by atoms with van der Waals surface area (Å²) in [5.74, 6) is 4.23. The van der Waals surface area contributed by atoms with Crippen molar-refractivity contribution in [3.63, 3.8) is 0 Å². The molecule has 2 rings (SSSR count). The van der Waals surface area contributed by atoms with Crippen molar-refractivity contribution >= 4 is 18.0 Å². The Morgan fingerprint density at radius 3 is 2.14 bits per heavy atom. The van der Waals surface area contributed by atoms with Crippen LogP contribution in [0.5, 0.6) is 0 Å². The minimum Gasteiger partial charge on any atom is -0.290 e. The van der Waals surface area contributed by atoms with Crippen LogP contribution in [0.15, 0.2) is 53.9 Å². The van der Waals surface area contributed by atoms with Gasteiger partial charge in [-0.3, -0.25) is 20.0 Å². The molecule has 0 bridgehead atoms. The van der Waals surface area contributed by atoms with Crippen LogP contribution >= 0.6 is 0 Å². The Morgan fingerprint density at radius 1 is 1.00 bits per heavy atom. The molecule has 7 nitrogen and oxygen atoms in total. The summed E-state index contributed by atoms with van der Waals surface area (Å²) in [6.45, 7) is 0. The van der Waals surface area contributed by atoms with Crippen LogP contribution in [-0.4, -0.2) is 23.0 Å². The molecule has 0 unspecified atom stereocenters. The summed E-state index contributed by atoms with van der Waals surface area (Å²) in [7, 11) is 0. The van der Waals surface area contributed by atoms with E-state index in [4.69, 9.17) is 5.84 Å². The van der Waals surface area contributed by atoms with Crippen LogP contribution in [-0.2, 0) is 0 Å². The number of hydrogen-bond acceptors (Lipinski definition) is 5. The SMILES string of the molecule is NNC(=O)c1ccc(C(=O)N/N=C/c2ccncc2)cc1. The van der Waals surface area contributed by atoms with Crippen molar-refractivity contribution in [1.29, 1.82) is 0 Å². The average molecular weight is 283 g/mol. The van der Waals surface area contributed by atoms with Crippen molar-refractivity contribution in [2.75, 3.05) is 0 Å². The normalized spacial score (nSPS) is 10.3. The van der Waals surface area contributed by atoms with Gasteiger partial charge >= 0.3 is 0 Å². The summed E-state index contributed by atoms with van der Waals surface area (Å²) >= 11 is 0. The number of nitrogens with two attached hydrogens (primary N) is 1. The van der Waals surface area contributed by atoms with Gasteiger partial charge in [0.2, 0.25) is 0 Å². The highest BCUT2D eigenvalue weighted by Crippen LogP contribution is 2.04. The molecule has 4 N–H and O–H groups in total. The van der Waals surface area contributed by atoms with Crippen molar-refractivity contribution in [3.05, 3.63) is 65.5 Å². The number of amides is 2. The summed E-state index contributed by atoms with van der Waals surface area (Å²) < 4.78 is 0. The Labute approximate surface area is 120 Å². The van der Waals surface area contributed by atoms with E-state index in [2.05, 4.69) is 15.5 Å². The first-order valence-electron chi connectivity index (χ1n) is 6.05. The van der Waals surface area contributed by atoms with E-state index in [-0.39, 0.29) is 5.91 Å². The third-order valence-corrected chi connectivity index (χ3v) is 2.63. The van der Waals surface area contributed by atoms with Gasteiger partial charge < -0.3 is 0 Å². The summed E-state index contributed by atoms with van der Waals surface area (Å²) in [5.41, 5.74) is 5.98. The lowest BCUT2D eigenvalue weighted by atomic mass is 10.1. The fraction of sp³-hybridized carbons (Fsp3) is 0. The molecule has 0 aliphatic heterocycles. The first-order chi connectivity index (χ1) is 10.2. The van der Waals surface area contributed by atoms with Gasteiger partial charge in [0, 0.05) is 23.5 Å². The monoisotopic (exact) mass is 283 g/mol. The maximum absolute atomic E-state index is 11.8. The minimum atomic E-state index is -0.419. The molecular formula is C14H13N5O2. The maximum Gasteiger partial charge on any atom is 0.271 e.